The molecular formula is C14H21N3O4. The minimum Gasteiger partial charge on any atom is -0.504 e. The predicted molar refractivity (Wildman–Crippen MR) is 77.5 cm³/mol. The number of amides is 2. The zero-order valence-electron chi connectivity index (χ0n) is 12.1. The van der Waals surface area contributed by atoms with E-state index in [0.717, 1.165) is 0 Å². The van der Waals surface area contributed by atoms with Crippen molar-refractivity contribution in [2.24, 2.45) is 11.5 Å². The Morgan fingerprint density at radius 3 is 2.43 bits per heavy atom. The molecular weight excluding hydrogens is 274 g/mol. The van der Waals surface area contributed by atoms with E-state index >= 15 is 0 Å². The molecule has 0 saturated heterocycles. The van der Waals surface area contributed by atoms with Crippen molar-refractivity contribution in [2.75, 3.05) is 0 Å². The van der Waals surface area contributed by atoms with Gasteiger partial charge in [0.05, 0.1) is 6.04 Å². The number of benzene rings is 1. The number of phenolic OH excluding ortho intramolecular Hbond substituents is 2. The average molecular weight is 295 g/mol. The third-order valence-electron chi connectivity index (χ3n) is 2.91. The van der Waals surface area contributed by atoms with Crippen LogP contribution in [0.3, 0.4) is 0 Å². The molecule has 7 nitrogen and oxygen atoms in total. The van der Waals surface area contributed by atoms with Crippen molar-refractivity contribution >= 4 is 11.8 Å². The lowest BCUT2D eigenvalue weighted by molar-refractivity contribution is -0.125. The van der Waals surface area contributed by atoms with Gasteiger partial charge in [-0.15, -0.1) is 0 Å². The van der Waals surface area contributed by atoms with Crippen LogP contribution >= 0.6 is 0 Å². The number of nitrogens with two attached hydrogens (primary N) is 2. The first kappa shape index (κ1) is 16.8. The maximum atomic E-state index is 12.0. The fourth-order valence-corrected chi connectivity index (χ4v) is 1.95. The van der Waals surface area contributed by atoms with E-state index in [1.54, 1.807) is 19.9 Å². The van der Waals surface area contributed by atoms with Crippen molar-refractivity contribution in [3.63, 3.8) is 0 Å². The number of aromatic hydroxyl groups is 2. The normalized spacial score (nSPS) is 12.7. The molecule has 0 bridgehead atoms. The summed E-state index contributed by atoms with van der Waals surface area (Å²) in [5.41, 5.74) is 10.7. The number of nitrogens with one attached hydrogen (secondary N) is 1. The highest BCUT2D eigenvalue weighted by Crippen LogP contribution is 2.25. The van der Waals surface area contributed by atoms with Crippen LogP contribution in [-0.4, -0.2) is 33.6 Å². The Morgan fingerprint density at radius 1 is 1.29 bits per heavy atom. The van der Waals surface area contributed by atoms with Crippen LogP contribution in [0.4, 0.5) is 0 Å². The monoisotopic (exact) mass is 295 g/mol. The van der Waals surface area contributed by atoms with E-state index in [2.05, 4.69) is 5.32 Å². The van der Waals surface area contributed by atoms with E-state index in [1.165, 1.54) is 12.1 Å². The molecule has 7 heteroatoms. The summed E-state index contributed by atoms with van der Waals surface area (Å²) in [5, 5.41) is 21.3. The average Bonchev–Trinajstić information content (AvgIpc) is 2.31. The molecule has 7 N–H and O–H groups in total. The van der Waals surface area contributed by atoms with Crippen LogP contribution < -0.4 is 16.8 Å². The van der Waals surface area contributed by atoms with E-state index in [-0.39, 0.29) is 24.3 Å². The van der Waals surface area contributed by atoms with Crippen molar-refractivity contribution in [3.05, 3.63) is 23.8 Å². The van der Waals surface area contributed by atoms with E-state index in [0.29, 0.717) is 5.56 Å². The smallest absolute Gasteiger partial charge is 0.237 e. The molecule has 0 saturated carbocycles. The van der Waals surface area contributed by atoms with E-state index in [1.807, 2.05) is 0 Å². The molecule has 0 aliphatic rings. The third kappa shape index (κ3) is 5.31. The van der Waals surface area contributed by atoms with Crippen molar-refractivity contribution in [1.29, 1.82) is 0 Å². The summed E-state index contributed by atoms with van der Waals surface area (Å²) in [6, 6.07) is 3.39. The van der Waals surface area contributed by atoms with Gasteiger partial charge in [0.2, 0.25) is 11.8 Å². The van der Waals surface area contributed by atoms with Gasteiger partial charge < -0.3 is 27.0 Å². The molecule has 0 aliphatic heterocycles. The van der Waals surface area contributed by atoms with Crippen LogP contribution in [0.5, 0.6) is 11.5 Å². The van der Waals surface area contributed by atoms with Gasteiger partial charge in [0.25, 0.3) is 0 Å². The minimum atomic E-state index is -0.846. The summed E-state index contributed by atoms with van der Waals surface area (Å²) >= 11 is 0. The second-order valence-electron chi connectivity index (χ2n) is 5.65. The first-order valence-corrected chi connectivity index (χ1v) is 6.47. The van der Waals surface area contributed by atoms with Crippen LogP contribution in [0.1, 0.15) is 25.8 Å². The fraction of sp³-hybridized carbons (Fsp3) is 0.429. The van der Waals surface area contributed by atoms with Crippen LogP contribution in [0, 0.1) is 0 Å². The first-order chi connectivity index (χ1) is 9.60. The Kier molecular flexibility index (Phi) is 5.15. The molecule has 1 aromatic rings. The largest absolute Gasteiger partial charge is 0.504 e. The summed E-state index contributed by atoms with van der Waals surface area (Å²) in [5.74, 6) is -1.44. The van der Waals surface area contributed by atoms with Crippen LogP contribution in [0.2, 0.25) is 0 Å². The topological polar surface area (TPSA) is 139 Å². The number of rotatable bonds is 6. The number of carbonyl (C=O) groups excluding carboxylic acids is 2. The molecule has 1 atom stereocenters. The second-order valence-corrected chi connectivity index (χ2v) is 5.65. The standard InChI is InChI=1S/C14H21N3O4/c1-14(2,7-12(16)20)17-13(21)9(15)5-8-3-4-10(18)11(19)6-8/h3-4,6,9,18-19H,5,7,15H2,1-2H3,(H2,16,20)(H,17,21)/t9-/m0/s1. The molecule has 0 heterocycles. The van der Waals surface area contributed by atoms with Crippen LogP contribution in [-0.2, 0) is 16.0 Å². The van der Waals surface area contributed by atoms with Crippen LogP contribution in [0.25, 0.3) is 0 Å². The Balaban J connectivity index is 2.66. The molecule has 1 rings (SSSR count). The third-order valence-corrected chi connectivity index (χ3v) is 2.91. The van der Waals surface area contributed by atoms with E-state index in [4.69, 9.17) is 11.5 Å². The molecule has 1 aromatic carbocycles. The first-order valence-electron chi connectivity index (χ1n) is 6.47. The molecule has 21 heavy (non-hydrogen) atoms. The Bertz CT molecular complexity index is 543. The second kappa shape index (κ2) is 6.45. The van der Waals surface area contributed by atoms with Gasteiger partial charge in [0.15, 0.2) is 11.5 Å². The number of hydrogen-bond acceptors (Lipinski definition) is 5. The summed E-state index contributed by atoms with van der Waals surface area (Å²) < 4.78 is 0. The van der Waals surface area contributed by atoms with Gasteiger partial charge >= 0.3 is 0 Å². The van der Waals surface area contributed by atoms with Crippen molar-refractivity contribution < 1.29 is 19.8 Å². The summed E-state index contributed by atoms with van der Waals surface area (Å²) in [7, 11) is 0. The lowest BCUT2D eigenvalue weighted by Gasteiger charge is -2.26. The lowest BCUT2D eigenvalue weighted by Crippen LogP contribution is -2.52. The summed E-state index contributed by atoms with van der Waals surface area (Å²) in [6.45, 7) is 3.35. The fourth-order valence-electron chi connectivity index (χ4n) is 1.95. The van der Waals surface area contributed by atoms with Crippen molar-refractivity contribution in [2.45, 2.75) is 38.3 Å². The maximum Gasteiger partial charge on any atom is 0.237 e. The van der Waals surface area contributed by atoms with Gasteiger partial charge in [0, 0.05) is 12.0 Å². The maximum absolute atomic E-state index is 12.0. The van der Waals surface area contributed by atoms with Gasteiger partial charge in [-0.05, 0) is 38.0 Å². The van der Waals surface area contributed by atoms with Gasteiger partial charge in [-0.1, -0.05) is 6.07 Å². The zero-order valence-corrected chi connectivity index (χ0v) is 12.1. The molecule has 0 aromatic heterocycles. The lowest BCUT2D eigenvalue weighted by atomic mass is 9.98. The molecule has 2 amide bonds. The van der Waals surface area contributed by atoms with E-state index in [9.17, 15) is 19.8 Å². The van der Waals surface area contributed by atoms with Gasteiger partial charge in [0.1, 0.15) is 0 Å². The molecule has 0 fully saturated rings. The van der Waals surface area contributed by atoms with Gasteiger partial charge in [-0.2, -0.15) is 0 Å². The summed E-state index contributed by atoms with van der Waals surface area (Å²) in [4.78, 5) is 22.9. The molecule has 0 spiro atoms. The number of phenols is 2. The highest BCUT2D eigenvalue weighted by molar-refractivity contribution is 5.83. The highest BCUT2D eigenvalue weighted by Gasteiger charge is 2.25. The Morgan fingerprint density at radius 2 is 1.90 bits per heavy atom. The Hall–Kier alpha value is -2.28. The molecule has 116 valence electrons. The number of hydrogen-bond donors (Lipinski definition) is 5. The van der Waals surface area contributed by atoms with Crippen LogP contribution in [0.15, 0.2) is 18.2 Å². The van der Waals surface area contributed by atoms with Gasteiger partial charge in [-0.3, -0.25) is 9.59 Å². The SMILES string of the molecule is CC(C)(CC(N)=O)NC(=O)[C@@H](N)Cc1ccc(O)c(O)c1. The van der Waals surface area contributed by atoms with Crippen molar-refractivity contribution in [3.8, 4) is 11.5 Å². The highest BCUT2D eigenvalue weighted by atomic mass is 16.3. The van der Waals surface area contributed by atoms with E-state index < -0.39 is 23.4 Å². The molecule has 0 unspecified atom stereocenters. The van der Waals surface area contributed by atoms with Crippen molar-refractivity contribution in [1.82, 2.24) is 5.32 Å². The van der Waals surface area contributed by atoms with Gasteiger partial charge in [-0.25, -0.2) is 0 Å². The molecule has 0 aliphatic carbocycles. The zero-order chi connectivity index (χ0) is 16.2. The number of primary amides is 1. The predicted octanol–water partition coefficient (Wildman–Crippen LogP) is -0.262. The quantitative estimate of drug-likeness (QED) is 0.460. The number of carbonyl (C=O) groups is 2. The Labute approximate surface area is 122 Å². The molecule has 0 radical (unpaired) electrons. The minimum absolute atomic E-state index is 0.00541. The summed E-state index contributed by atoms with van der Waals surface area (Å²) in [6.07, 6.45) is 0.192.